The van der Waals surface area contributed by atoms with Gasteiger partial charge in [-0.05, 0) is 0 Å². The van der Waals surface area contributed by atoms with E-state index in [1.165, 1.54) is 11.8 Å². The number of carbonyl (C=O) groups excluding carboxylic acids is 2. The van der Waals surface area contributed by atoms with Crippen LogP contribution in [0.4, 0.5) is 0 Å². The molecule has 4 heteroatoms. The number of amides is 2. The summed E-state index contributed by atoms with van der Waals surface area (Å²) in [6.45, 7) is 2.92. The zero-order valence-corrected chi connectivity index (χ0v) is 5.89. The van der Waals surface area contributed by atoms with Crippen LogP contribution >= 0.6 is 0 Å². The second-order valence-electron chi connectivity index (χ2n) is 2.24. The first kappa shape index (κ1) is 7.21. The molecular formula is C6H10N2O2. The minimum Gasteiger partial charge on any atom is -0.307 e. The van der Waals surface area contributed by atoms with Gasteiger partial charge in [0.2, 0.25) is 11.8 Å². The summed E-state index contributed by atoms with van der Waals surface area (Å²) < 4.78 is 0. The van der Waals surface area contributed by atoms with E-state index in [9.17, 15) is 9.59 Å². The number of nitrogens with one attached hydrogen (secondary N) is 1. The van der Waals surface area contributed by atoms with Crippen molar-refractivity contribution in [3.8, 4) is 0 Å². The first-order chi connectivity index (χ1) is 4.72. The molecule has 1 aliphatic heterocycles. The van der Waals surface area contributed by atoms with Crippen LogP contribution in [0.15, 0.2) is 0 Å². The quantitative estimate of drug-likeness (QED) is 0.470. The smallest absolute Gasteiger partial charge is 0.243 e. The zero-order chi connectivity index (χ0) is 7.56. The third kappa shape index (κ3) is 1.33. The predicted molar refractivity (Wildman–Crippen MR) is 35.3 cm³/mol. The molecule has 1 rings (SSSR count). The number of piperazine rings is 1. The molecule has 1 saturated heterocycles. The molecule has 0 radical (unpaired) electrons. The van der Waals surface area contributed by atoms with Crippen molar-refractivity contribution < 1.29 is 9.59 Å². The lowest BCUT2D eigenvalue weighted by Gasteiger charge is -2.23. The lowest BCUT2D eigenvalue weighted by atomic mass is 10.3. The second-order valence-corrected chi connectivity index (χ2v) is 2.24. The zero-order valence-electron chi connectivity index (χ0n) is 5.89. The molecule has 0 unspecified atom stereocenters. The van der Waals surface area contributed by atoms with E-state index in [-0.39, 0.29) is 11.8 Å². The Labute approximate surface area is 59.2 Å². The van der Waals surface area contributed by atoms with Gasteiger partial charge in [0.25, 0.3) is 0 Å². The fourth-order valence-electron chi connectivity index (χ4n) is 0.939. The average Bonchev–Trinajstić information content (AvgIpc) is 1.88. The van der Waals surface area contributed by atoms with Gasteiger partial charge in [0.1, 0.15) is 0 Å². The van der Waals surface area contributed by atoms with Crippen molar-refractivity contribution in [1.29, 1.82) is 0 Å². The minimum absolute atomic E-state index is 0.126. The van der Waals surface area contributed by atoms with Crippen LogP contribution in [0, 0.1) is 0 Å². The Morgan fingerprint density at radius 3 is 2.80 bits per heavy atom. The molecule has 1 fully saturated rings. The molecule has 2 amide bonds. The van der Waals surface area contributed by atoms with Gasteiger partial charge in [0.05, 0.1) is 6.54 Å². The number of hydrogen-bond acceptors (Lipinski definition) is 3. The first-order valence-electron chi connectivity index (χ1n) is 3.23. The van der Waals surface area contributed by atoms with E-state index in [0.717, 1.165) is 0 Å². The molecule has 0 aromatic carbocycles. The highest BCUT2D eigenvalue weighted by Crippen LogP contribution is 1.93. The monoisotopic (exact) mass is 142 g/mol. The highest BCUT2D eigenvalue weighted by molar-refractivity contribution is 5.95. The molecule has 1 N–H and O–H groups in total. The van der Waals surface area contributed by atoms with Gasteiger partial charge in [-0.2, -0.15) is 0 Å². The van der Waals surface area contributed by atoms with Crippen LogP contribution < -0.4 is 5.32 Å². The molecule has 1 heterocycles. The van der Waals surface area contributed by atoms with Crippen molar-refractivity contribution in [2.45, 2.75) is 6.92 Å². The average molecular weight is 142 g/mol. The van der Waals surface area contributed by atoms with Gasteiger partial charge in [-0.3, -0.25) is 14.5 Å². The van der Waals surface area contributed by atoms with E-state index in [1.54, 1.807) is 0 Å². The highest BCUT2D eigenvalue weighted by Gasteiger charge is 2.20. The number of imide groups is 1. The maximum Gasteiger partial charge on any atom is 0.243 e. The number of carbonyl (C=O) groups is 2. The van der Waals surface area contributed by atoms with Crippen LogP contribution in [-0.4, -0.2) is 36.3 Å². The highest BCUT2D eigenvalue weighted by atomic mass is 16.2. The summed E-state index contributed by atoms with van der Waals surface area (Å²) in [5.74, 6) is -0.287. The largest absolute Gasteiger partial charge is 0.307 e. The normalized spacial score (nSPS) is 19.3. The summed E-state index contributed by atoms with van der Waals surface area (Å²) in [5.41, 5.74) is 0. The molecule has 0 aromatic heterocycles. The Kier molecular flexibility index (Phi) is 2.01. The maximum absolute atomic E-state index is 10.9. The molecule has 1 aliphatic rings. The van der Waals surface area contributed by atoms with E-state index in [2.05, 4.69) is 5.32 Å². The lowest BCUT2D eigenvalue weighted by Crippen LogP contribution is -2.49. The van der Waals surface area contributed by atoms with Crippen LogP contribution in [0.3, 0.4) is 0 Å². The Morgan fingerprint density at radius 2 is 2.40 bits per heavy atom. The van der Waals surface area contributed by atoms with Crippen molar-refractivity contribution >= 4 is 11.8 Å². The van der Waals surface area contributed by atoms with Crippen molar-refractivity contribution in [3.63, 3.8) is 0 Å². The van der Waals surface area contributed by atoms with E-state index < -0.39 is 0 Å². The number of nitrogens with zero attached hydrogens (tertiary/aromatic N) is 1. The van der Waals surface area contributed by atoms with Gasteiger partial charge in [-0.1, -0.05) is 0 Å². The van der Waals surface area contributed by atoms with Gasteiger partial charge in [-0.25, -0.2) is 0 Å². The molecule has 0 saturated carbocycles. The van der Waals surface area contributed by atoms with Crippen molar-refractivity contribution in [2.75, 3.05) is 19.6 Å². The van der Waals surface area contributed by atoms with Crippen LogP contribution in [0.2, 0.25) is 0 Å². The SMILES string of the molecule is CC(=O)N1CCNCC1=O. The first-order valence-corrected chi connectivity index (χ1v) is 3.23. The fourth-order valence-corrected chi connectivity index (χ4v) is 0.939. The van der Waals surface area contributed by atoms with Crippen molar-refractivity contribution in [1.82, 2.24) is 10.2 Å². The number of rotatable bonds is 0. The third-order valence-corrected chi connectivity index (χ3v) is 1.47. The molecular weight excluding hydrogens is 132 g/mol. The molecule has 10 heavy (non-hydrogen) atoms. The van der Waals surface area contributed by atoms with Gasteiger partial charge < -0.3 is 5.32 Å². The van der Waals surface area contributed by atoms with Crippen molar-refractivity contribution in [2.24, 2.45) is 0 Å². The van der Waals surface area contributed by atoms with Gasteiger partial charge in [-0.15, -0.1) is 0 Å². The molecule has 4 nitrogen and oxygen atoms in total. The lowest BCUT2D eigenvalue weighted by molar-refractivity contribution is -0.144. The molecule has 0 spiro atoms. The second kappa shape index (κ2) is 2.79. The van der Waals surface area contributed by atoms with E-state index in [1.807, 2.05) is 0 Å². The van der Waals surface area contributed by atoms with Gasteiger partial charge in [0, 0.05) is 20.0 Å². The van der Waals surface area contributed by atoms with Crippen molar-refractivity contribution in [3.05, 3.63) is 0 Å². The van der Waals surface area contributed by atoms with E-state index >= 15 is 0 Å². The Morgan fingerprint density at radius 1 is 1.70 bits per heavy atom. The molecule has 0 aliphatic carbocycles. The fraction of sp³-hybridized carbons (Fsp3) is 0.667. The summed E-state index contributed by atoms with van der Waals surface area (Å²) in [4.78, 5) is 22.8. The maximum atomic E-state index is 10.9. The molecule has 0 aromatic rings. The Bertz CT molecular complexity index is 167. The Balaban J connectivity index is 2.56. The summed E-state index contributed by atoms with van der Waals surface area (Å²) in [6, 6.07) is 0. The molecule has 0 atom stereocenters. The summed E-state index contributed by atoms with van der Waals surface area (Å²) >= 11 is 0. The summed E-state index contributed by atoms with van der Waals surface area (Å²) in [7, 11) is 0. The van der Waals surface area contributed by atoms with E-state index in [4.69, 9.17) is 0 Å². The van der Waals surface area contributed by atoms with Gasteiger partial charge in [0.15, 0.2) is 0 Å². The van der Waals surface area contributed by atoms with Crippen LogP contribution in [-0.2, 0) is 9.59 Å². The summed E-state index contributed by atoms with van der Waals surface area (Å²) in [5, 5.41) is 2.88. The third-order valence-electron chi connectivity index (χ3n) is 1.47. The molecule has 56 valence electrons. The summed E-state index contributed by atoms with van der Waals surface area (Å²) in [6.07, 6.45) is 0. The topological polar surface area (TPSA) is 49.4 Å². The predicted octanol–water partition coefficient (Wildman–Crippen LogP) is -1.04. The van der Waals surface area contributed by atoms with Crippen LogP contribution in [0.25, 0.3) is 0 Å². The number of hydrogen-bond donors (Lipinski definition) is 1. The van der Waals surface area contributed by atoms with Gasteiger partial charge >= 0.3 is 0 Å². The minimum atomic E-state index is -0.161. The van der Waals surface area contributed by atoms with Crippen LogP contribution in [0.1, 0.15) is 6.92 Å². The Hall–Kier alpha value is -0.900. The van der Waals surface area contributed by atoms with E-state index in [0.29, 0.717) is 19.6 Å². The standard InChI is InChI=1S/C6H10N2O2/c1-5(9)8-3-2-7-4-6(8)10/h7H,2-4H2,1H3. The molecule has 0 bridgehead atoms. The van der Waals surface area contributed by atoms with Crippen LogP contribution in [0.5, 0.6) is 0 Å².